The molecule has 6 heteroatoms. The number of hydrogen-bond acceptors (Lipinski definition) is 4. The van der Waals surface area contributed by atoms with Gasteiger partial charge in [-0.3, -0.25) is 0 Å². The molecule has 0 aliphatic carbocycles. The highest BCUT2D eigenvalue weighted by atomic mass is 79.9. The molecule has 0 atom stereocenters. The first-order valence-corrected chi connectivity index (χ1v) is 6.68. The van der Waals surface area contributed by atoms with Crippen LogP contribution in [-0.4, -0.2) is 16.9 Å². The van der Waals surface area contributed by atoms with Gasteiger partial charge in [-0.2, -0.15) is 5.10 Å². The van der Waals surface area contributed by atoms with Gasteiger partial charge in [0.05, 0.1) is 17.3 Å². The maximum Gasteiger partial charge on any atom is 0.241 e. The number of rotatable bonds is 4. The maximum absolute atomic E-state index is 6.02. The molecular formula is C13H16BrN3O2. The number of benzene rings is 1. The van der Waals surface area contributed by atoms with E-state index in [9.17, 15) is 0 Å². The predicted octanol–water partition coefficient (Wildman–Crippen LogP) is 3.13. The molecule has 0 bridgehead atoms. The first-order valence-electron chi connectivity index (χ1n) is 5.89. The lowest BCUT2D eigenvalue weighted by Crippen LogP contribution is -1.97. The van der Waals surface area contributed by atoms with Crippen LogP contribution in [0.3, 0.4) is 0 Å². The normalized spacial score (nSPS) is 10.5. The van der Waals surface area contributed by atoms with E-state index in [4.69, 9.17) is 15.2 Å². The van der Waals surface area contributed by atoms with E-state index in [0.717, 1.165) is 22.3 Å². The summed E-state index contributed by atoms with van der Waals surface area (Å²) in [7, 11) is 3.43. The van der Waals surface area contributed by atoms with E-state index in [0.29, 0.717) is 17.3 Å². The standard InChI is InChI=1S/C13H16BrN3O2/c1-4-10-12(15)13(17(2)16-10)19-11-6-5-8(18-3)7-9(11)14/h5-7H,4,15H2,1-3H3. The molecule has 1 aromatic heterocycles. The first-order chi connectivity index (χ1) is 9.06. The molecule has 102 valence electrons. The number of methoxy groups -OCH3 is 1. The van der Waals surface area contributed by atoms with Crippen molar-refractivity contribution in [1.82, 2.24) is 9.78 Å². The molecule has 2 aromatic rings. The molecule has 5 nitrogen and oxygen atoms in total. The fraction of sp³-hybridized carbons (Fsp3) is 0.308. The van der Waals surface area contributed by atoms with Gasteiger partial charge in [0, 0.05) is 7.05 Å². The van der Waals surface area contributed by atoms with Crippen LogP contribution in [0.15, 0.2) is 22.7 Å². The average molecular weight is 326 g/mol. The van der Waals surface area contributed by atoms with Gasteiger partial charge in [-0.1, -0.05) is 6.92 Å². The highest BCUT2D eigenvalue weighted by Gasteiger charge is 2.15. The quantitative estimate of drug-likeness (QED) is 0.938. The molecule has 0 radical (unpaired) electrons. The number of aromatic nitrogens is 2. The Hall–Kier alpha value is -1.69. The summed E-state index contributed by atoms with van der Waals surface area (Å²) in [4.78, 5) is 0. The number of hydrogen-bond donors (Lipinski definition) is 1. The van der Waals surface area contributed by atoms with Crippen LogP contribution in [-0.2, 0) is 13.5 Å². The maximum atomic E-state index is 6.02. The summed E-state index contributed by atoms with van der Waals surface area (Å²) in [5.74, 6) is 1.97. The van der Waals surface area contributed by atoms with E-state index in [1.54, 1.807) is 11.8 Å². The zero-order valence-corrected chi connectivity index (χ0v) is 12.7. The van der Waals surface area contributed by atoms with Gasteiger partial charge in [0.2, 0.25) is 5.88 Å². The Balaban J connectivity index is 2.33. The average Bonchev–Trinajstić information content (AvgIpc) is 2.68. The molecule has 0 saturated carbocycles. The zero-order chi connectivity index (χ0) is 14.0. The Morgan fingerprint density at radius 1 is 1.42 bits per heavy atom. The van der Waals surface area contributed by atoms with E-state index >= 15 is 0 Å². The van der Waals surface area contributed by atoms with Crippen molar-refractivity contribution in [2.24, 2.45) is 7.05 Å². The number of anilines is 1. The summed E-state index contributed by atoms with van der Waals surface area (Å²) in [6.07, 6.45) is 0.771. The molecule has 0 amide bonds. The fourth-order valence-electron chi connectivity index (χ4n) is 1.76. The molecule has 0 fully saturated rings. The number of aryl methyl sites for hydroxylation is 2. The molecule has 0 unspecified atom stereocenters. The van der Waals surface area contributed by atoms with E-state index in [2.05, 4.69) is 21.0 Å². The van der Waals surface area contributed by atoms with Crippen molar-refractivity contribution in [2.45, 2.75) is 13.3 Å². The lowest BCUT2D eigenvalue weighted by atomic mass is 10.3. The molecule has 19 heavy (non-hydrogen) atoms. The second-order valence-corrected chi connectivity index (χ2v) is 4.90. The van der Waals surface area contributed by atoms with Crippen LogP contribution in [0.1, 0.15) is 12.6 Å². The number of nitrogens with two attached hydrogens (primary N) is 1. The largest absolute Gasteiger partial charge is 0.497 e. The molecule has 0 saturated heterocycles. The van der Waals surface area contributed by atoms with Crippen molar-refractivity contribution >= 4 is 21.6 Å². The lowest BCUT2D eigenvalue weighted by Gasteiger charge is -2.09. The van der Waals surface area contributed by atoms with Crippen LogP contribution < -0.4 is 15.2 Å². The molecule has 2 rings (SSSR count). The van der Waals surface area contributed by atoms with Crippen molar-refractivity contribution in [3.63, 3.8) is 0 Å². The van der Waals surface area contributed by atoms with Crippen LogP contribution in [0.5, 0.6) is 17.4 Å². The molecule has 0 aliphatic heterocycles. The van der Waals surface area contributed by atoms with Gasteiger partial charge < -0.3 is 15.2 Å². The molecule has 1 heterocycles. The highest BCUT2D eigenvalue weighted by Crippen LogP contribution is 2.35. The van der Waals surface area contributed by atoms with Crippen molar-refractivity contribution < 1.29 is 9.47 Å². The van der Waals surface area contributed by atoms with Crippen molar-refractivity contribution in [3.8, 4) is 17.4 Å². The molecule has 1 aromatic carbocycles. The van der Waals surface area contributed by atoms with Gasteiger partial charge in [0.25, 0.3) is 0 Å². The van der Waals surface area contributed by atoms with Crippen molar-refractivity contribution in [2.75, 3.05) is 12.8 Å². The molecule has 0 aliphatic rings. The van der Waals surface area contributed by atoms with Crippen LogP contribution >= 0.6 is 15.9 Å². The minimum absolute atomic E-state index is 0.544. The Morgan fingerprint density at radius 3 is 2.68 bits per heavy atom. The first kappa shape index (κ1) is 13.7. The predicted molar refractivity (Wildman–Crippen MR) is 77.8 cm³/mol. The third-order valence-electron chi connectivity index (χ3n) is 2.79. The van der Waals surface area contributed by atoms with Crippen LogP contribution in [0.25, 0.3) is 0 Å². The van der Waals surface area contributed by atoms with Gasteiger partial charge in [-0.05, 0) is 40.5 Å². The van der Waals surface area contributed by atoms with Gasteiger partial charge in [-0.25, -0.2) is 4.68 Å². The van der Waals surface area contributed by atoms with Gasteiger partial charge in [0.1, 0.15) is 17.2 Å². The summed E-state index contributed by atoms with van der Waals surface area (Å²) in [5.41, 5.74) is 7.43. The third kappa shape index (κ3) is 2.68. The van der Waals surface area contributed by atoms with E-state index in [1.165, 1.54) is 0 Å². The number of halogens is 1. The Labute approximate surface area is 120 Å². The second kappa shape index (κ2) is 5.52. The van der Waals surface area contributed by atoms with Gasteiger partial charge >= 0.3 is 0 Å². The number of nitrogens with zero attached hydrogens (tertiary/aromatic N) is 2. The minimum Gasteiger partial charge on any atom is -0.497 e. The Kier molecular flexibility index (Phi) is 3.99. The number of ether oxygens (including phenoxy) is 2. The van der Waals surface area contributed by atoms with E-state index in [1.807, 2.05) is 32.2 Å². The smallest absolute Gasteiger partial charge is 0.241 e. The minimum atomic E-state index is 0.544. The topological polar surface area (TPSA) is 62.3 Å². The second-order valence-electron chi connectivity index (χ2n) is 4.04. The Bertz CT molecular complexity index is 596. The van der Waals surface area contributed by atoms with E-state index in [-0.39, 0.29) is 0 Å². The lowest BCUT2D eigenvalue weighted by molar-refractivity contribution is 0.408. The summed E-state index contributed by atoms with van der Waals surface area (Å²) >= 11 is 3.44. The summed E-state index contributed by atoms with van der Waals surface area (Å²) in [5, 5.41) is 4.31. The summed E-state index contributed by atoms with van der Waals surface area (Å²) in [6, 6.07) is 5.48. The number of nitrogen functional groups attached to an aromatic ring is 1. The van der Waals surface area contributed by atoms with Crippen LogP contribution in [0.4, 0.5) is 5.69 Å². The van der Waals surface area contributed by atoms with Gasteiger partial charge in [0.15, 0.2) is 0 Å². The summed E-state index contributed by atoms with van der Waals surface area (Å²) in [6.45, 7) is 2.01. The monoisotopic (exact) mass is 325 g/mol. The van der Waals surface area contributed by atoms with Crippen LogP contribution in [0, 0.1) is 0 Å². The summed E-state index contributed by atoms with van der Waals surface area (Å²) < 4.78 is 13.4. The SMILES string of the molecule is CCc1nn(C)c(Oc2ccc(OC)cc2Br)c1N. The van der Waals surface area contributed by atoms with Crippen LogP contribution in [0.2, 0.25) is 0 Å². The molecular weight excluding hydrogens is 310 g/mol. The van der Waals surface area contributed by atoms with E-state index < -0.39 is 0 Å². The fourth-order valence-corrected chi connectivity index (χ4v) is 2.19. The third-order valence-corrected chi connectivity index (χ3v) is 3.41. The molecule has 2 N–H and O–H groups in total. The van der Waals surface area contributed by atoms with Gasteiger partial charge in [-0.15, -0.1) is 0 Å². The Morgan fingerprint density at radius 2 is 2.16 bits per heavy atom. The molecule has 0 spiro atoms. The highest BCUT2D eigenvalue weighted by molar-refractivity contribution is 9.10. The van der Waals surface area contributed by atoms with Crippen molar-refractivity contribution in [3.05, 3.63) is 28.4 Å². The van der Waals surface area contributed by atoms with Crippen molar-refractivity contribution in [1.29, 1.82) is 0 Å². The zero-order valence-electron chi connectivity index (χ0n) is 11.1.